The first-order chi connectivity index (χ1) is 14.0. The number of anilines is 3. The fourth-order valence-corrected chi connectivity index (χ4v) is 2.69. The molecule has 2 N–H and O–H groups in total. The minimum Gasteiger partial charge on any atom is -0.495 e. The Morgan fingerprint density at radius 3 is 2.21 bits per heavy atom. The molecule has 0 radical (unpaired) electrons. The van der Waals surface area contributed by atoms with Gasteiger partial charge in [-0.25, -0.2) is 0 Å². The van der Waals surface area contributed by atoms with Gasteiger partial charge < -0.3 is 24.8 Å². The minimum atomic E-state index is -0.385. The van der Waals surface area contributed by atoms with Gasteiger partial charge in [-0.05, 0) is 48.9 Å². The topological polar surface area (TPSA) is 94.6 Å². The molecule has 0 saturated carbocycles. The van der Waals surface area contributed by atoms with Gasteiger partial charge in [-0.15, -0.1) is 10.2 Å². The number of carbonyl (C=O) groups is 1. The summed E-state index contributed by atoms with van der Waals surface area (Å²) in [5.74, 6) is 1.89. The van der Waals surface area contributed by atoms with Crippen LogP contribution < -0.4 is 24.8 Å². The summed E-state index contributed by atoms with van der Waals surface area (Å²) >= 11 is 0. The Morgan fingerprint density at radius 2 is 1.55 bits per heavy atom. The molecule has 0 spiro atoms. The van der Waals surface area contributed by atoms with Crippen molar-refractivity contribution in [2.45, 2.75) is 6.92 Å². The monoisotopic (exact) mass is 394 g/mol. The van der Waals surface area contributed by atoms with Gasteiger partial charge in [0.1, 0.15) is 5.75 Å². The molecule has 8 heteroatoms. The number of methoxy groups -OCH3 is 3. The Balaban J connectivity index is 1.72. The van der Waals surface area contributed by atoms with E-state index in [2.05, 4.69) is 20.8 Å². The molecule has 0 bridgehead atoms. The quantitative estimate of drug-likeness (QED) is 0.629. The van der Waals surface area contributed by atoms with Crippen LogP contribution in [0.25, 0.3) is 0 Å². The van der Waals surface area contributed by atoms with Crippen LogP contribution in [0.2, 0.25) is 0 Å². The molecule has 1 heterocycles. The van der Waals surface area contributed by atoms with E-state index >= 15 is 0 Å². The van der Waals surface area contributed by atoms with Crippen molar-refractivity contribution >= 4 is 23.1 Å². The third-order valence-electron chi connectivity index (χ3n) is 4.16. The van der Waals surface area contributed by atoms with E-state index in [9.17, 15) is 4.79 Å². The maximum atomic E-state index is 12.5. The Labute approximate surface area is 168 Å². The summed E-state index contributed by atoms with van der Waals surface area (Å²) in [5.41, 5.74) is 2.58. The van der Waals surface area contributed by atoms with E-state index in [1.165, 1.54) is 7.11 Å². The Morgan fingerprint density at radius 1 is 0.828 bits per heavy atom. The molecule has 1 aromatic heterocycles. The Bertz CT molecular complexity index is 1010. The van der Waals surface area contributed by atoms with E-state index in [0.29, 0.717) is 28.8 Å². The standard InChI is InChI=1S/C21H22N4O4/c1-13-5-8-17(27-2)16(11-13)23-20-10-7-15(24-25-20)21(26)22-14-6-9-18(28-3)19(12-14)29-4/h5-12H,1-4H3,(H,22,26)(H,23,25). The number of nitrogens with zero attached hydrogens (tertiary/aromatic N) is 2. The molecule has 0 aliphatic carbocycles. The number of nitrogens with one attached hydrogen (secondary N) is 2. The lowest BCUT2D eigenvalue weighted by atomic mass is 10.2. The van der Waals surface area contributed by atoms with Crippen LogP contribution in [0.1, 0.15) is 16.1 Å². The molecular weight excluding hydrogens is 372 g/mol. The number of amides is 1. The summed E-state index contributed by atoms with van der Waals surface area (Å²) in [6.45, 7) is 1.98. The summed E-state index contributed by atoms with van der Waals surface area (Å²) in [5, 5.41) is 14.0. The van der Waals surface area contributed by atoms with Crippen LogP contribution in [0, 0.1) is 6.92 Å². The van der Waals surface area contributed by atoms with Crippen LogP contribution in [-0.4, -0.2) is 37.4 Å². The average Bonchev–Trinajstić information content (AvgIpc) is 2.74. The molecule has 0 aliphatic heterocycles. The highest BCUT2D eigenvalue weighted by Gasteiger charge is 2.12. The Hall–Kier alpha value is -3.81. The first-order valence-corrected chi connectivity index (χ1v) is 8.83. The maximum Gasteiger partial charge on any atom is 0.276 e. The van der Waals surface area contributed by atoms with Gasteiger partial charge in [0.25, 0.3) is 5.91 Å². The van der Waals surface area contributed by atoms with E-state index < -0.39 is 0 Å². The van der Waals surface area contributed by atoms with Gasteiger partial charge in [0.2, 0.25) is 0 Å². The van der Waals surface area contributed by atoms with Crippen molar-refractivity contribution in [2.24, 2.45) is 0 Å². The van der Waals surface area contributed by atoms with E-state index in [1.807, 2.05) is 25.1 Å². The van der Waals surface area contributed by atoms with Crippen molar-refractivity contribution in [3.05, 3.63) is 59.8 Å². The number of rotatable bonds is 7. The highest BCUT2D eigenvalue weighted by atomic mass is 16.5. The van der Waals surface area contributed by atoms with Crippen LogP contribution in [0.5, 0.6) is 17.2 Å². The third kappa shape index (κ3) is 4.73. The molecule has 0 saturated heterocycles. The second-order valence-electron chi connectivity index (χ2n) is 6.16. The minimum absolute atomic E-state index is 0.182. The summed E-state index contributed by atoms with van der Waals surface area (Å²) in [6.07, 6.45) is 0. The normalized spacial score (nSPS) is 10.2. The van der Waals surface area contributed by atoms with E-state index in [1.54, 1.807) is 44.6 Å². The van der Waals surface area contributed by atoms with Crippen LogP contribution in [0.3, 0.4) is 0 Å². The largest absolute Gasteiger partial charge is 0.495 e. The smallest absolute Gasteiger partial charge is 0.276 e. The fourth-order valence-electron chi connectivity index (χ4n) is 2.69. The number of ether oxygens (including phenoxy) is 3. The first kappa shape index (κ1) is 19.9. The zero-order chi connectivity index (χ0) is 20.8. The molecule has 29 heavy (non-hydrogen) atoms. The number of aromatic nitrogens is 2. The van der Waals surface area contributed by atoms with Gasteiger partial charge in [-0.3, -0.25) is 4.79 Å². The molecule has 1 amide bonds. The molecule has 0 atom stereocenters. The second-order valence-corrected chi connectivity index (χ2v) is 6.16. The van der Waals surface area contributed by atoms with Crippen LogP contribution in [0.4, 0.5) is 17.2 Å². The molecule has 0 fully saturated rings. The predicted molar refractivity (Wildman–Crippen MR) is 111 cm³/mol. The lowest BCUT2D eigenvalue weighted by Gasteiger charge is -2.12. The third-order valence-corrected chi connectivity index (χ3v) is 4.16. The van der Waals surface area contributed by atoms with Gasteiger partial charge in [-0.2, -0.15) is 0 Å². The summed E-state index contributed by atoms with van der Waals surface area (Å²) in [7, 11) is 4.68. The lowest BCUT2D eigenvalue weighted by Crippen LogP contribution is -2.14. The van der Waals surface area contributed by atoms with Crippen molar-refractivity contribution < 1.29 is 19.0 Å². The maximum absolute atomic E-state index is 12.5. The predicted octanol–water partition coefficient (Wildman–Crippen LogP) is 3.81. The van der Waals surface area contributed by atoms with Gasteiger partial charge in [-0.1, -0.05) is 6.07 Å². The molecular formula is C21H22N4O4. The fraction of sp³-hybridized carbons (Fsp3) is 0.190. The molecule has 8 nitrogen and oxygen atoms in total. The van der Waals surface area contributed by atoms with Crippen molar-refractivity contribution in [2.75, 3.05) is 32.0 Å². The summed E-state index contributed by atoms with van der Waals surface area (Å²) < 4.78 is 15.8. The van der Waals surface area contributed by atoms with E-state index in [4.69, 9.17) is 14.2 Å². The zero-order valence-corrected chi connectivity index (χ0v) is 16.6. The number of aryl methyl sites for hydroxylation is 1. The lowest BCUT2D eigenvalue weighted by molar-refractivity contribution is 0.102. The van der Waals surface area contributed by atoms with Crippen molar-refractivity contribution in [1.29, 1.82) is 0 Å². The van der Waals surface area contributed by atoms with Crippen molar-refractivity contribution in [3.63, 3.8) is 0 Å². The second kappa shape index (κ2) is 8.92. The van der Waals surface area contributed by atoms with E-state index in [-0.39, 0.29) is 11.6 Å². The molecule has 0 aliphatic rings. The molecule has 3 rings (SSSR count). The van der Waals surface area contributed by atoms with Crippen LogP contribution in [-0.2, 0) is 0 Å². The van der Waals surface area contributed by atoms with Crippen molar-refractivity contribution in [3.8, 4) is 17.2 Å². The molecule has 150 valence electrons. The molecule has 2 aromatic carbocycles. The first-order valence-electron chi connectivity index (χ1n) is 8.83. The number of hydrogen-bond donors (Lipinski definition) is 2. The number of hydrogen-bond acceptors (Lipinski definition) is 7. The highest BCUT2D eigenvalue weighted by molar-refractivity contribution is 6.03. The summed E-state index contributed by atoms with van der Waals surface area (Å²) in [4.78, 5) is 12.5. The molecule has 0 unspecified atom stereocenters. The number of carbonyl (C=O) groups excluding carboxylic acids is 1. The van der Waals surface area contributed by atoms with Crippen LogP contribution >= 0.6 is 0 Å². The van der Waals surface area contributed by atoms with E-state index in [0.717, 1.165) is 11.3 Å². The van der Waals surface area contributed by atoms with Gasteiger partial charge in [0, 0.05) is 11.8 Å². The van der Waals surface area contributed by atoms with Gasteiger partial charge in [0.15, 0.2) is 23.0 Å². The van der Waals surface area contributed by atoms with Crippen LogP contribution in [0.15, 0.2) is 48.5 Å². The van der Waals surface area contributed by atoms with Gasteiger partial charge in [0.05, 0.1) is 27.0 Å². The number of benzene rings is 2. The summed E-state index contributed by atoms with van der Waals surface area (Å²) in [6, 6.07) is 14.1. The Kier molecular flexibility index (Phi) is 6.13. The molecule has 3 aromatic rings. The van der Waals surface area contributed by atoms with Gasteiger partial charge >= 0.3 is 0 Å². The zero-order valence-electron chi connectivity index (χ0n) is 16.6. The average molecular weight is 394 g/mol. The SMILES string of the molecule is COc1ccc(C)cc1Nc1ccc(C(=O)Nc2ccc(OC)c(OC)c2)nn1. The van der Waals surface area contributed by atoms with Crippen molar-refractivity contribution in [1.82, 2.24) is 10.2 Å². The highest BCUT2D eigenvalue weighted by Crippen LogP contribution is 2.30.